The molecule has 10 aromatic rings. The molecule has 0 radical (unpaired) electrons. The highest BCUT2D eigenvalue weighted by Gasteiger charge is 2.21. The lowest BCUT2D eigenvalue weighted by molar-refractivity contribution is 0.664. The van der Waals surface area contributed by atoms with Gasteiger partial charge in [0.25, 0.3) is 0 Å². The highest BCUT2D eigenvalue weighted by Crippen LogP contribution is 2.41. The number of benzene rings is 8. The van der Waals surface area contributed by atoms with E-state index in [9.17, 15) is 0 Å². The summed E-state index contributed by atoms with van der Waals surface area (Å²) in [6.45, 7) is 0. The molecule has 264 valence electrons. The third-order valence-corrected chi connectivity index (χ3v) is 12.2. The molecule has 3 nitrogen and oxygen atoms in total. The topological polar surface area (TPSA) is 29.3 Å². The summed E-state index contributed by atoms with van der Waals surface area (Å²) in [5, 5.41) is 8.86. The van der Waals surface area contributed by atoms with Crippen LogP contribution in [0, 0.1) is 0 Å². The van der Waals surface area contributed by atoms with Gasteiger partial charge in [-0.05, 0) is 87.5 Å². The Morgan fingerprint density at radius 3 is 1.98 bits per heavy atom. The van der Waals surface area contributed by atoms with E-state index in [2.05, 4.69) is 210 Å². The summed E-state index contributed by atoms with van der Waals surface area (Å²) in [4.78, 5) is 5.27. The van der Waals surface area contributed by atoms with E-state index in [-0.39, 0.29) is 6.17 Å². The predicted octanol–water partition coefficient (Wildman–Crippen LogP) is 13.6. The molecule has 0 bridgehead atoms. The molecular formula is C52H35N3S. The van der Waals surface area contributed by atoms with E-state index in [1.807, 2.05) is 11.3 Å². The molecule has 0 spiro atoms. The van der Waals surface area contributed by atoms with Crippen molar-refractivity contribution in [1.29, 1.82) is 0 Å². The van der Waals surface area contributed by atoms with Crippen LogP contribution in [0.15, 0.2) is 205 Å². The van der Waals surface area contributed by atoms with Crippen molar-refractivity contribution in [2.24, 2.45) is 4.99 Å². The van der Waals surface area contributed by atoms with Crippen molar-refractivity contribution in [2.45, 2.75) is 6.17 Å². The van der Waals surface area contributed by atoms with E-state index in [1.54, 1.807) is 0 Å². The summed E-state index contributed by atoms with van der Waals surface area (Å²) in [6.07, 6.45) is 1.98. The minimum Gasteiger partial charge on any atom is -0.360 e. The quantitative estimate of drug-likeness (QED) is 0.181. The number of para-hydroxylation sites is 1. The van der Waals surface area contributed by atoms with Gasteiger partial charge in [-0.3, -0.25) is 4.99 Å². The van der Waals surface area contributed by atoms with Crippen LogP contribution in [-0.4, -0.2) is 10.3 Å². The zero-order valence-electron chi connectivity index (χ0n) is 30.4. The Labute approximate surface area is 329 Å². The lowest BCUT2D eigenvalue weighted by Gasteiger charge is -2.25. The normalized spacial score (nSPS) is 14.2. The summed E-state index contributed by atoms with van der Waals surface area (Å²) >= 11 is 1.86. The summed E-state index contributed by atoms with van der Waals surface area (Å²) in [7, 11) is 0. The number of nitrogens with zero attached hydrogens (tertiary/aromatic N) is 2. The van der Waals surface area contributed by atoms with Crippen LogP contribution in [0.25, 0.3) is 75.6 Å². The second-order valence-corrected chi connectivity index (χ2v) is 15.5. The highest BCUT2D eigenvalue weighted by molar-refractivity contribution is 7.25. The molecule has 2 aromatic heterocycles. The molecule has 56 heavy (non-hydrogen) atoms. The van der Waals surface area contributed by atoms with Crippen molar-refractivity contribution >= 4 is 64.7 Å². The summed E-state index contributed by atoms with van der Waals surface area (Å²) in [6, 6.07) is 69.9. The van der Waals surface area contributed by atoms with Gasteiger partial charge in [-0.25, -0.2) is 0 Å². The van der Waals surface area contributed by atoms with Gasteiger partial charge in [-0.15, -0.1) is 11.3 Å². The monoisotopic (exact) mass is 733 g/mol. The van der Waals surface area contributed by atoms with Gasteiger partial charge >= 0.3 is 0 Å². The highest BCUT2D eigenvalue weighted by atomic mass is 32.1. The van der Waals surface area contributed by atoms with Crippen LogP contribution in [0.2, 0.25) is 0 Å². The van der Waals surface area contributed by atoms with Crippen molar-refractivity contribution in [3.8, 4) is 27.9 Å². The fourth-order valence-electron chi connectivity index (χ4n) is 8.36. The molecule has 4 heteroatoms. The van der Waals surface area contributed by atoms with E-state index in [1.165, 1.54) is 69.9 Å². The molecule has 0 saturated heterocycles. The standard InChI is InChI=1S/C52H35N3S/c1-3-13-34(14-4-1)38-17-11-18-39(31-38)46-33-45(53-52(54-46)37-15-5-2-6-16-37)36-27-25-35(26-28-36)41-21-12-23-48-51(41)43-20-7-9-22-47(43)55(48)40-29-30-50-44(32-40)42-19-8-10-24-49(42)56-50/h1-33,52,54H. The third-order valence-electron chi connectivity index (χ3n) is 11.0. The Balaban J connectivity index is 1.01. The lowest BCUT2D eigenvalue weighted by atomic mass is 9.96. The fraction of sp³-hybridized carbons (Fsp3) is 0.0192. The van der Waals surface area contributed by atoms with Crippen LogP contribution >= 0.6 is 11.3 Å². The fourth-order valence-corrected chi connectivity index (χ4v) is 9.45. The van der Waals surface area contributed by atoms with Gasteiger partial charge in [-0.2, -0.15) is 0 Å². The molecule has 0 aliphatic carbocycles. The molecule has 0 fully saturated rings. The Kier molecular flexibility index (Phi) is 7.75. The van der Waals surface area contributed by atoms with Gasteiger partial charge in [0.05, 0.1) is 16.7 Å². The molecular weight excluding hydrogens is 699 g/mol. The number of aromatic nitrogens is 1. The number of nitrogens with one attached hydrogen (secondary N) is 1. The number of fused-ring (bicyclic) bond motifs is 6. The van der Waals surface area contributed by atoms with E-state index in [0.29, 0.717) is 0 Å². The number of thiophene rings is 1. The molecule has 3 heterocycles. The second kappa shape index (κ2) is 13.4. The minimum atomic E-state index is -0.211. The zero-order chi connectivity index (χ0) is 37.0. The SMILES string of the molecule is C1=C(c2cccc(-c3ccccc3)c2)NC(c2ccccc2)N=C1c1ccc(-c2cccc3c2c2ccccc2n3-c2ccc3sc4ccccc4c3c2)cc1. The lowest BCUT2D eigenvalue weighted by Crippen LogP contribution is -2.24. The van der Waals surface area contributed by atoms with E-state index in [0.717, 1.165) is 28.1 Å². The summed E-state index contributed by atoms with van der Waals surface area (Å²) in [5.74, 6) is 0. The Morgan fingerprint density at radius 1 is 0.464 bits per heavy atom. The summed E-state index contributed by atoms with van der Waals surface area (Å²) in [5.41, 5.74) is 13.7. The first kappa shape index (κ1) is 32.4. The second-order valence-electron chi connectivity index (χ2n) is 14.4. The number of hydrogen-bond acceptors (Lipinski definition) is 3. The van der Waals surface area contributed by atoms with Gasteiger partial charge in [-0.1, -0.05) is 152 Å². The number of rotatable bonds is 6. The van der Waals surface area contributed by atoms with Crippen molar-refractivity contribution in [1.82, 2.24) is 9.88 Å². The van der Waals surface area contributed by atoms with Gasteiger partial charge < -0.3 is 9.88 Å². The zero-order valence-corrected chi connectivity index (χ0v) is 31.2. The molecule has 1 aliphatic heterocycles. The first-order valence-electron chi connectivity index (χ1n) is 19.1. The first-order valence-corrected chi connectivity index (χ1v) is 19.9. The van der Waals surface area contributed by atoms with Crippen molar-refractivity contribution in [3.05, 3.63) is 217 Å². The number of hydrogen-bond donors (Lipinski definition) is 1. The van der Waals surface area contributed by atoms with Gasteiger partial charge in [0, 0.05) is 42.3 Å². The molecule has 1 atom stereocenters. The average Bonchev–Trinajstić information content (AvgIpc) is 3.82. The molecule has 0 amide bonds. The maximum absolute atomic E-state index is 5.27. The van der Waals surface area contributed by atoms with Crippen LogP contribution in [-0.2, 0) is 0 Å². The van der Waals surface area contributed by atoms with Gasteiger partial charge in [0.1, 0.15) is 6.17 Å². The maximum atomic E-state index is 5.27. The largest absolute Gasteiger partial charge is 0.360 e. The Morgan fingerprint density at radius 2 is 1.12 bits per heavy atom. The third kappa shape index (κ3) is 5.54. The Hall–Kier alpha value is -7.01. The van der Waals surface area contributed by atoms with Gasteiger partial charge in [0.2, 0.25) is 0 Å². The van der Waals surface area contributed by atoms with E-state index >= 15 is 0 Å². The Bertz CT molecular complexity index is 3150. The molecule has 1 unspecified atom stereocenters. The first-order chi connectivity index (χ1) is 27.7. The van der Waals surface area contributed by atoms with Crippen LogP contribution in [0.3, 0.4) is 0 Å². The molecule has 0 saturated carbocycles. The van der Waals surface area contributed by atoms with E-state index < -0.39 is 0 Å². The predicted molar refractivity (Wildman–Crippen MR) is 238 cm³/mol. The molecule has 1 aliphatic rings. The van der Waals surface area contributed by atoms with Crippen molar-refractivity contribution < 1.29 is 0 Å². The molecule has 11 rings (SSSR count). The number of allylic oxidation sites excluding steroid dienone is 1. The summed E-state index contributed by atoms with van der Waals surface area (Å²) < 4.78 is 5.07. The van der Waals surface area contributed by atoms with Crippen molar-refractivity contribution in [2.75, 3.05) is 0 Å². The van der Waals surface area contributed by atoms with Crippen LogP contribution in [0.5, 0.6) is 0 Å². The average molecular weight is 734 g/mol. The number of aliphatic imine (C=N–C) groups is 1. The van der Waals surface area contributed by atoms with Crippen LogP contribution in [0.4, 0.5) is 0 Å². The van der Waals surface area contributed by atoms with Gasteiger partial charge in [0.15, 0.2) is 0 Å². The van der Waals surface area contributed by atoms with Crippen molar-refractivity contribution in [3.63, 3.8) is 0 Å². The van der Waals surface area contributed by atoms with Crippen LogP contribution in [0.1, 0.15) is 22.9 Å². The maximum Gasteiger partial charge on any atom is 0.145 e. The molecule has 8 aromatic carbocycles. The van der Waals surface area contributed by atoms with E-state index in [4.69, 9.17) is 4.99 Å². The minimum absolute atomic E-state index is 0.211. The van der Waals surface area contributed by atoms with Crippen LogP contribution < -0.4 is 5.32 Å². The molecule has 1 N–H and O–H groups in total. The smallest absolute Gasteiger partial charge is 0.145 e.